The molecule has 7 heteroatoms. The van der Waals surface area contributed by atoms with E-state index >= 15 is 0 Å². The smallest absolute Gasteiger partial charge is 0.338 e. The highest BCUT2D eigenvalue weighted by Crippen LogP contribution is 2.13. The molecular weight excluding hydrogens is 384 g/mol. The molecule has 3 rings (SSSR count). The lowest BCUT2D eigenvalue weighted by Crippen LogP contribution is -2.15. The van der Waals surface area contributed by atoms with E-state index in [2.05, 4.69) is 5.32 Å². The zero-order valence-corrected chi connectivity index (χ0v) is 15.8. The van der Waals surface area contributed by atoms with Crippen LogP contribution in [0.3, 0.4) is 0 Å². The van der Waals surface area contributed by atoms with Crippen molar-refractivity contribution in [2.45, 2.75) is 0 Å². The van der Waals surface area contributed by atoms with Crippen molar-refractivity contribution in [3.05, 3.63) is 101 Å². The molecule has 0 aliphatic heterocycles. The van der Waals surface area contributed by atoms with Gasteiger partial charge in [-0.1, -0.05) is 18.2 Å². The van der Waals surface area contributed by atoms with Crippen molar-refractivity contribution in [2.75, 3.05) is 11.9 Å². The number of hydrogen-bond donors (Lipinski definition) is 2. The fourth-order valence-corrected chi connectivity index (χ4v) is 2.60. The third-order valence-corrected chi connectivity index (χ3v) is 4.24. The van der Waals surface area contributed by atoms with Gasteiger partial charge in [-0.15, -0.1) is 0 Å². The SMILES string of the molecule is NC(=O)c1ccc(C(=O)OCC(=O)c2ccc(NC(=O)c3ccccc3)cc2)cc1. The van der Waals surface area contributed by atoms with Gasteiger partial charge >= 0.3 is 5.97 Å². The first kappa shape index (κ1) is 20.5. The Hall–Kier alpha value is -4.26. The average Bonchev–Trinajstić information content (AvgIpc) is 2.78. The van der Waals surface area contributed by atoms with Gasteiger partial charge in [0.1, 0.15) is 0 Å². The fourth-order valence-electron chi connectivity index (χ4n) is 2.60. The molecule has 2 amide bonds. The average molecular weight is 402 g/mol. The molecule has 3 aromatic carbocycles. The topological polar surface area (TPSA) is 116 Å². The van der Waals surface area contributed by atoms with Gasteiger partial charge in [0.25, 0.3) is 5.91 Å². The second kappa shape index (κ2) is 9.29. The number of carbonyl (C=O) groups is 4. The summed E-state index contributed by atoms with van der Waals surface area (Å²) in [6.07, 6.45) is 0. The van der Waals surface area contributed by atoms with Gasteiger partial charge in [0.2, 0.25) is 5.91 Å². The molecule has 0 unspecified atom stereocenters. The van der Waals surface area contributed by atoms with Crippen molar-refractivity contribution < 1.29 is 23.9 Å². The number of nitrogens with one attached hydrogen (secondary N) is 1. The molecule has 0 heterocycles. The molecule has 0 aromatic heterocycles. The summed E-state index contributed by atoms with van der Waals surface area (Å²) in [5, 5.41) is 2.74. The molecule has 0 radical (unpaired) electrons. The second-order valence-corrected chi connectivity index (χ2v) is 6.34. The Morgan fingerprint density at radius 3 is 1.87 bits per heavy atom. The summed E-state index contributed by atoms with van der Waals surface area (Å²) in [5.41, 5.74) is 7.01. The molecule has 0 atom stereocenters. The van der Waals surface area contributed by atoms with Gasteiger partial charge < -0.3 is 15.8 Å². The summed E-state index contributed by atoms with van der Waals surface area (Å²) in [6, 6.07) is 20.6. The molecule has 0 fully saturated rings. The minimum atomic E-state index is -0.689. The molecule has 3 N–H and O–H groups in total. The van der Waals surface area contributed by atoms with Gasteiger partial charge in [-0.05, 0) is 60.7 Å². The van der Waals surface area contributed by atoms with E-state index in [1.807, 2.05) is 6.07 Å². The molecule has 7 nitrogen and oxygen atoms in total. The van der Waals surface area contributed by atoms with Gasteiger partial charge in [0, 0.05) is 22.4 Å². The van der Waals surface area contributed by atoms with E-state index in [4.69, 9.17) is 10.5 Å². The Kier molecular flexibility index (Phi) is 6.34. The number of amides is 2. The first-order chi connectivity index (χ1) is 14.4. The zero-order valence-electron chi connectivity index (χ0n) is 15.8. The van der Waals surface area contributed by atoms with E-state index in [-0.39, 0.29) is 17.0 Å². The third-order valence-electron chi connectivity index (χ3n) is 4.24. The van der Waals surface area contributed by atoms with Gasteiger partial charge in [-0.3, -0.25) is 14.4 Å². The maximum atomic E-state index is 12.3. The first-order valence-corrected chi connectivity index (χ1v) is 9.00. The lowest BCUT2D eigenvalue weighted by molar-refractivity contribution is 0.0474. The third kappa shape index (κ3) is 5.17. The largest absolute Gasteiger partial charge is 0.454 e. The van der Waals surface area contributed by atoms with Crippen molar-refractivity contribution in [3.8, 4) is 0 Å². The van der Waals surface area contributed by atoms with E-state index in [1.54, 1.807) is 48.5 Å². The number of ketones is 1. The number of rotatable bonds is 7. The molecule has 3 aromatic rings. The van der Waals surface area contributed by atoms with Crippen LogP contribution in [0.4, 0.5) is 5.69 Å². The molecule has 0 saturated carbocycles. The molecule has 0 aliphatic carbocycles. The minimum Gasteiger partial charge on any atom is -0.454 e. The first-order valence-electron chi connectivity index (χ1n) is 9.00. The molecule has 0 aliphatic rings. The van der Waals surface area contributed by atoms with E-state index < -0.39 is 24.3 Å². The molecule has 30 heavy (non-hydrogen) atoms. The standard InChI is InChI=1S/C23H18N2O5/c24-21(27)16-6-8-18(9-7-16)23(29)30-14-20(26)15-10-12-19(13-11-15)25-22(28)17-4-2-1-3-5-17/h1-13H,14H2,(H2,24,27)(H,25,28). The van der Waals surface area contributed by atoms with Crippen molar-refractivity contribution in [1.82, 2.24) is 0 Å². The maximum absolute atomic E-state index is 12.3. The van der Waals surface area contributed by atoms with Crippen LogP contribution in [-0.2, 0) is 4.74 Å². The minimum absolute atomic E-state index is 0.201. The van der Waals surface area contributed by atoms with Crippen LogP contribution >= 0.6 is 0 Å². The predicted octanol–water partition coefficient (Wildman–Crippen LogP) is 3.08. The Bertz CT molecular complexity index is 1070. The Labute approximate surface area is 172 Å². The maximum Gasteiger partial charge on any atom is 0.338 e. The van der Waals surface area contributed by atoms with Crippen LogP contribution in [0.25, 0.3) is 0 Å². The van der Waals surface area contributed by atoms with Gasteiger partial charge in [-0.25, -0.2) is 4.79 Å². The van der Waals surface area contributed by atoms with E-state index in [0.29, 0.717) is 16.8 Å². The van der Waals surface area contributed by atoms with Gasteiger partial charge in [-0.2, -0.15) is 0 Å². The summed E-state index contributed by atoms with van der Waals surface area (Å²) < 4.78 is 5.02. The number of anilines is 1. The monoisotopic (exact) mass is 402 g/mol. The van der Waals surface area contributed by atoms with Crippen LogP contribution in [0.1, 0.15) is 41.4 Å². The lowest BCUT2D eigenvalue weighted by atomic mass is 10.1. The summed E-state index contributed by atoms with van der Waals surface area (Å²) in [5.74, 6) is -1.94. The molecule has 0 saturated heterocycles. The zero-order chi connectivity index (χ0) is 21.5. The number of carbonyl (C=O) groups excluding carboxylic acids is 4. The Morgan fingerprint density at radius 1 is 0.700 bits per heavy atom. The van der Waals surface area contributed by atoms with Crippen LogP contribution in [0.5, 0.6) is 0 Å². The highest BCUT2D eigenvalue weighted by Gasteiger charge is 2.13. The number of Topliss-reactive ketones (excluding diaryl/α,β-unsaturated/α-hetero) is 1. The molecule has 150 valence electrons. The van der Waals surface area contributed by atoms with Gasteiger partial charge in [0.05, 0.1) is 5.56 Å². The van der Waals surface area contributed by atoms with Crippen LogP contribution in [0.2, 0.25) is 0 Å². The van der Waals surface area contributed by atoms with Crippen molar-refractivity contribution in [3.63, 3.8) is 0 Å². The quantitative estimate of drug-likeness (QED) is 0.465. The van der Waals surface area contributed by atoms with Crippen molar-refractivity contribution in [1.29, 1.82) is 0 Å². The second-order valence-electron chi connectivity index (χ2n) is 6.34. The Morgan fingerprint density at radius 2 is 1.27 bits per heavy atom. The molecule has 0 bridgehead atoms. The number of hydrogen-bond acceptors (Lipinski definition) is 5. The van der Waals surface area contributed by atoms with Crippen LogP contribution in [0.15, 0.2) is 78.9 Å². The Balaban J connectivity index is 1.54. The number of esters is 1. The van der Waals surface area contributed by atoms with E-state index in [9.17, 15) is 19.2 Å². The summed E-state index contributed by atoms with van der Waals surface area (Å²) in [7, 11) is 0. The van der Waals surface area contributed by atoms with Crippen molar-refractivity contribution >= 4 is 29.3 Å². The molecular formula is C23H18N2O5. The normalized spacial score (nSPS) is 10.1. The van der Waals surface area contributed by atoms with E-state index in [1.165, 1.54) is 24.3 Å². The number of benzene rings is 3. The van der Waals surface area contributed by atoms with E-state index in [0.717, 1.165) is 0 Å². The number of ether oxygens (including phenoxy) is 1. The van der Waals surface area contributed by atoms with Crippen molar-refractivity contribution in [2.24, 2.45) is 5.73 Å². The number of nitrogens with two attached hydrogens (primary N) is 1. The fraction of sp³-hybridized carbons (Fsp3) is 0.0435. The summed E-state index contributed by atoms with van der Waals surface area (Å²) >= 11 is 0. The lowest BCUT2D eigenvalue weighted by Gasteiger charge is -2.07. The summed E-state index contributed by atoms with van der Waals surface area (Å²) in [6.45, 7) is -0.438. The summed E-state index contributed by atoms with van der Waals surface area (Å²) in [4.78, 5) is 47.5. The molecule has 0 spiro atoms. The van der Waals surface area contributed by atoms with Crippen LogP contribution in [-0.4, -0.2) is 30.2 Å². The predicted molar refractivity (Wildman–Crippen MR) is 110 cm³/mol. The highest BCUT2D eigenvalue weighted by atomic mass is 16.5. The van der Waals surface area contributed by atoms with Gasteiger partial charge in [0.15, 0.2) is 12.4 Å². The van der Waals surface area contributed by atoms with Crippen LogP contribution in [0, 0.1) is 0 Å². The number of primary amides is 1. The highest BCUT2D eigenvalue weighted by molar-refractivity contribution is 6.05. The van der Waals surface area contributed by atoms with Crippen LogP contribution < -0.4 is 11.1 Å².